The number of nitrogens with one attached hydrogen (secondary N) is 2. The predicted molar refractivity (Wildman–Crippen MR) is 132 cm³/mol. The number of hydrogen-bond acceptors (Lipinski definition) is 5. The van der Waals surface area contributed by atoms with E-state index in [-0.39, 0.29) is 24.6 Å². The number of likely N-dealkylation sites (N-methyl/N-ethyl adjacent to an activating group) is 1. The fraction of sp³-hybridized carbons (Fsp3) is 0.407. The Morgan fingerprint density at radius 3 is 2.45 bits per heavy atom. The van der Waals surface area contributed by atoms with Crippen molar-refractivity contribution in [3.05, 3.63) is 64.7 Å². The molecule has 38 heavy (non-hydrogen) atoms. The van der Waals surface area contributed by atoms with Crippen LogP contribution in [-0.4, -0.2) is 64.9 Å². The van der Waals surface area contributed by atoms with E-state index >= 15 is 0 Å². The number of anilines is 1. The molecule has 0 radical (unpaired) electrons. The molecule has 11 heteroatoms. The van der Waals surface area contributed by atoms with E-state index in [1.165, 1.54) is 9.80 Å². The zero-order valence-corrected chi connectivity index (χ0v) is 21.1. The van der Waals surface area contributed by atoms with Crippen molar-refractivity contribution in [1.82, 2.24) is 15.1 Å². The highest BCUT2D eigenvalue weighted by Crippen LogP contribution is 2.38. The average molecular weight is 527 g/mol. The van der Waals surface area contributed by atoms with Gasteiger partial charge in [-0.05, 0) is 60.7 Å². The SMILES string of the molecule is CN1C(=O)NC(=O)[C@@]12Cc1ccc(NC(=O)CN(Cc3cc(F)cc(F)c3)C(=O)[C@]3(C)CCCO3)cc1C2. The molecule has 2 aromatic rings. The maximum Gasteiger partial charge on any atom is 0.324 e. The fourth-order valence-corrected chi connectivity index (χ4v) is 5.55. The number of nitrogens with zero attached hydrogens (tertiary/aromatic N) is 2. The number of imide groups is 1. The van der Waals surface area contributed by atoms with Gasteiger partial charge in [-0.2, -0.15) is 0 Å². The number of urea groups is 1. The van der Waals surface area contributed by atoms with E-state index < -0.39 is 40.6 Å². The summed E-state index contributed by atoms with van der Waals surface area (Å²) in [6, 6.07) is 7.79. The lowest BCUT2D eigenvalue weighted by Crippen LogP contribution is -2.49. The van der Waals surface area contributed by atoms with Crippen LogP contribution >= 0.6 is 0 Å². The predicted octanol–water partition coefficient (Wildman–Crippen LogP) is 2.52. The smallest absolute Gasteiger partial charge is 0.324 e. The molecule has 200 valence electrons. The molecular weight excluding hydrogens is 498 g/mol. The van der Waals surface area contributed by atoms with Crippen LogP contribution in [0.25, 0.3) is 0 Å². The highest BCUT2D eigenvalue weighted by atomic mass is 19.1. The molecule has 1 spiro atoms. The Morgan fingerprint density at radius 2 is 1.82 bits per heavy atom. The molecule has 0 aromatic heterocycles. The lowest BCUT2D eigenvalue weighted by atomic mass is 9.95. The summed E-state index contributed by atoms with van der Waals surface area (Å²) in [6.07, 6.45) is 1.84. The van der Waals surface area contributed by atoms with Crippen molar-refractivity contribution in [3.8, 4) is 0 Å². The highest BCUT2D eigenvalue weighted by Gasteiger charge is 2.54. The van der Waals surface area contributed by atoms with Gasteiger partial charge in [0.05, 0.1) is 0 Å². The number of amides is 5. The van der Waals surface area contributed by atoms with Gasteiger partial charge in [0.15, 0.2) is 0 Å². The van der Waals surface area contributed by atoms with Crippen molar-refractivity contribution in [2.24, 2.45) is 0 Å². The second-order valence-corrected chi connectivity index (χ2v) is 10.4. The summed E-state index contributed by atoms with van der Waals surface area (Å²) in [4.78, 5) is 53.6. The largest absolute Gasteiger partial charge is 0.365 e. The quantitative estimate of drug-likeness (QED) is 0.563. The highest BCUT2D eigenvalue weighted by molar-refractivity contribution is 6.07. The molecule has 0 saturated carbocycles. The van der Waals surface area contributed by atoms with Crippen LogP contribution < -0.4 is 10.6 Å². The number of benzene rings is 2. The minimum Gasteiger partial charge on any atom is -0.365 e. The van der Waals surface area contributed by atoms with Gasteiger partial charge in [-0.15, -0.1) is 0 Å². The minimum absolute atomic E-state index is 0.179. The molecule has 5 rings (SSSR count). The van der Waals surface area contributed by atoms with Crippen LogP contribution in [0.1, 0.15) is 36.5 Å². The zero-order valence-electron chi connectivity index (χ0n) is 21.1. The van der Waals surface area contributed by atoms with Gasteiger partial charge < -0.3 is 19.9 Å². The standard InChI is InChI=1S/C27H28F2N4O5/c1-26(6-3-7-38-26)24(36)33(14-16-8-19(28)11-20(29)9-16)15-22(34)30-21-5-4-17-12-27(13-18(17)10-21)23(35)31-25(37)32(27)2/h4-5,8-11H,3,6-7,12-15H2,1-2H3,(H,30,34)(H,31,35,37)/t26-,27-/m0/s1. The number of rotatable bonds is 6. The van der Waals surface area contributed by atoms with Crippen molar-refractivity contribution in [1.29, 1.82) is 0 Å². The first-order valence-electron chi connectivity index (χ1n) is 12.4. The van der Waals surface area contributed by atoms with Crippen molar-refractivity contribution >= 4 is 29.4 Å². The molecule has 2 aromatic carbocycles. The summed E-state index contributed by atoms with van der Waals surface area (Å²) in [5.41, 5.74) is 0.291. The lowest BCUT2D eigenvalue weighted by molar-refractivity contribution is -0.153. The lowest BCUT2D eigenvalue weighted by Gasteiger charge is -2.31. The summed E-state index contributed by atoms with van der Waals surface area (Å²) in [5, 5.41) is 5.13. The first-order chi connectivity index (χ1) is 18.0. The number of ether oxygens (including phenoxy) is 1. The van der Waals surface area contributed by atoms with Gasteiger partial charge in [0.2, 0.25) is 5.91 Å². The molecule has 9 nitrogen and oxygen atoms in total. The number of halogens is 2. The molecule has 2 heterocycles. The Hall–Kier alpha value is -3.86. The third-order valence-corrected chi connectivity index (χ3v) is 7.63. The van der Waals surface area contributed by atoms with E-state index in [1.54, 1.807) is 32.2 Å². The molecular formula is C27H28F2N4O5. The molecule has 2 fully saturated rings. The third kappa shape index (κ3) is 4.62. The summed E-state index contributed by atoms with van der Waals surface area (Å²) >= 11 is 0. The van der Waals surface area contributed by atoms with Crippen molar-refractivity contribution < 1.29 is 32.7 Å². The van der Waals surface area contributed by atoms with Crippen LogP contribution in [0.3, 0.4) is 0 Å². The minimum atomic E-state index is -1.13. The summed E-state index contributed by atoms with van der Waals surface area (Å²) in [6.45, 7) is 1.52. The molecule has 0 bridgehead atoms. The molecule has 2 atom stereocenters. The van der Waals surface area contributed by atoms with Crippen LogP contribution in [0.2, 0.25) is 0 Å². The second kappa shape index (κ2) is 9.46. The fourth-order valence-electron chi connectivity index (χ4n) is 5.55. The Kier molecular flexibility index (Phi) is 6.42. The van der Waals surface area contributed by atoms with E-state index in [0.29, 0.717) is 38.0 Å². The maximum absolute atomic E-state index is 13.8. The van der Waals surface area contributed by atoms with E-state index in [9.17, 15) is 28.0 Å². The average Bonchev–Trinajstić information content (AvgIpc) is 3.51. The van der Waals surface area contributed by atoms with Crippen LogP contribution in [0.15, 0.2) is 36.4 Å². The van der Waals surface area contributed by atoms with E-state index in [2.05, 4.69) is 10.6 Å². The Labute approximate surface area is 218 Å². The van der Waals surface area contributed by atoms with Gasteiger partial charge in [-0.3, -0.25) is 19.7 Å². The molecule has 3 aliphatic rings. The monoisotopic (exact) mass is 526 g/mol. The van der Waals surface area contributed by atoms with Gasteiger partial charge in [0.1, 0.15) is 29.3 Å². The van der Waals surface area contributed by atoms with E-state index in [0.717, 1.165) is 29.3 Å². The van der Waals surface area contributed by atoms with Crippen molar-refractivity contribution in [2.75, 3.05) is 25.5 Å². The topological polar surface area (TPSA) is 108 Å². The Balaban J connectivity index is 1.32. The van der Waals surface area contributed by atoms with Crippen LogP contribution in [-0.2, 0) is 38.5 Å². The second-order valence-electron chi connectivity index (χ2n) is 10.4. The molecule has 2 aliphatic heterocycles. The normalized spacial score (nSPS) is 24.1. The zero-order chi connectivity index (χ0) is 27.2. The maximum atomic E-state index is 13.8. The van der Waals surface area contributed by atoms with E-state index in [1.807, 2.05) is 0 Å². The van der Waals surface area contributed by atoms with Gasteiger partial charge in [-0.25, -0.2) is 13.6 Å². The van der Waals surface area contributed by atoms with Crippen LogP contribution in [0, 0.1) is 11.6 Å². The Bertz CT molecular complexity index is 1320. The van der Waals surface area contributed by atoms with Gasteiger partial charge >= 0.3 is 6.03 Å². The molecule has 1 aliphatic carbocycles. The number of carbonyl (C=O) groups excluding carboxylic acids is 4. The summed E-state index contributed by atoms with van der Waals surface area (Å²) < 4.78 is 33.3. The molecule has 2 saturated heterocycles. The molecule has 2 N–H and O–H groups in total. The van der Waals surface area contributed by atoms with Crippen LogP contribution in [0.4, 0.5) is 19.3 Å². The summed E-state index contributed by atoms with van der Waals surface area (Å²) in [5.74, 6) is -2.85. The number of hydrogen-bond donors (Lipinski definition) is 2. The van der Waals surface area contributed by atoms with E-state index in [4.69, 9.17) is 4.74 Å². The first-order valence-corrected chi connectivity index (χ1v) is 12.4. The number of carbonyl (C=O) groups is 4. The van der Waals surface area contributed by atoms with Crippen LogP contribution in [0.5, 0.6) is 0 Å². The van der Waals surface area contributed by atoms with Crippen molar-refractivity contribution in [2.45, 2.75) is 50.3 Å². The third-order valence-electron chi connectivity index (χ3n) is 7.63. The summed E-state index contributed by atoms with van der Waals surface area (Å²) in [7, 11) is 1.58. The van der Waals surface area contributed by atoms with Crippen molar-refractivity contribution in [3.63, 3.8) is 0 Å². The van der Waals surface area contributed by atoms with Gasteiger partial charge in [-0.1, -0.05) is 6.07 Å². The number of fused-ring (bicyclic) bond motifs is 1. The Morgan fingerprint density at radius 1 is 1.11 bits per heavy atom. The van der Waals surface area contributed by atoms with Gasteiger partial charge in [0.25, 0.3) is 11.8 Å². The first kappa shape index (κ1) is 25.8. The van der Waals surface area contributed by atoms with Gasteiger partial charge in [0, 0.05) is 44.8 Å². The molecule has 5 amide bonds. The molecule has 0 unspecified atom stereocenters.